The first-order valence-corrected chi connectivity index (χ1v) is 6.30. The van der Waals surface area contributed by atoms with Gasteiger partial charge in [-0.3, -0.25) is 0 Å². The minimum absolute atomic E-state index is 0.167. The van der Waals surface area contributed by atoms with E-state index >= 15 is 0 Å². The summed E-state index contributed by atoms with van der Waals surface area (Å²) in [6.07, 6.45) is 0. The highest BCUT2D eigenvalue weighted by Crippen LogP contribution is 2.14. The molecule has 0 aromatic heterocycles. The van der Waals surface area contributed by atoms with Crippen LogP contribution < -0.4 is 4.74 Å². The summed E-state index contributed by atoms with van der Waals surface area (Å²) in [5, 5.41) is 0. The average molecular weight is 270 g/mol. The number of hydrogen-bond donors (Lipinski definition) is 0. The molecule has 0 saturated heterocycles. The van der Waals surface area contributed by atoms with Crippen LogP contribution in [0.3, 0.4) is 0 Å². The van der Waals surface area contributed by atoms with Gasteiger partial charge in [-0.05, 0) is 50.6 Å². The molecule has 0 bridgehead atoms. The molecule has 0 spiro atoms. The Morgan fingerprint density at radius 2 is 1.50 bits per heavy atom. The predicted octanol–water partition coefficient (Wildman–Crippen LogP) is 3.81. The Kier molecular flexibility index (Phi) is 6.17. The lowest BCUT2D eigenvalue weighted by Crippen LogP contribution is -2.07. The Hall–Kier alpha value is -2.42. The zero-order valence-electron chi connectivity index (χ0n) is 11.9. The summed E-state index contributed by atoms with van der Waals surface area (Å²) in [4.78, 5) is 21.1. The molecule has 3 nitrogen and oxygen atoms in total. The molecule has 2 rings (SSSR count). The van der Waals surface area contributed by atoms with Crippen molar-refractivity contribution in [3.63, 3.8) is 0 Å². The van der Waals surface area contributed by atoms with E-state index < -0.39 is 0 Å². The van der Waals surface area contributed by atoms with Crippen LogP contribution in [-0.4, -0.2) is 11.8 Å². The second-order valence-electron chi connectivity index (χ2n) is 4.48. The lowest BCUT2D eigenvalue weighted by atomic mass is 10.2. The van der Waals surface area contributed by atoms with E-state index in [1.54, 1.807) is 18.2 Å². The van der Waals surface area contributed by atoms with Crippen molar-refractivity contribution in [3.8, 4) is 5.75 Å². The number of ketones is 1. The zero-order chi connectivity index (χ0) is 15.0. The van der Waals surface area contributed by atoms with E-state index in [-0.39, 0.29) is 11.8 Å². The molecule has 0 aliphatic carbocycles. The van der Waals surface area contributed by atoms with Crippen molar-refractivity contribution in [1.82, 2.24) is 0 Å². The monoisotopic (exact) mass is 270 g/mol. The first-order valence-electron chi connectivity index (χ1n) is 6.30. The summed E-state index contributed by atoms with van der Waals surface area (Å²) in [6, 6.07) is 16.4. The SMILES string of the molecule is CC(C)=O.Cc1cccc(OC(=O)c2ccccc2)c1. The fourth-order valence-corrected chi connectivity index (χ4v) is 1.42. The third-order valence-electron chi connectivity index (χ3n) is 2.21. The molecule has 0 atom stereocenters. The van der Waals surface area contributed by atoms with Gasteiger partial charge in [-0.15, -0.1) is 0 Å². The van der Waals surface area contributed by atoms with Crippen molar-refractivity contribution in [2.45, 2.75) is 20.8 Å². The molecule has 104 valence electrons. The largest absolute Gasteiger partial charge is 0.423 e. The Labute approximate surface area is 119 Å². The predicted molar refractivity (Wildman–Crippen MR) is 78.9 cm³/mol. The van der Waals surface area contributed by atoms with Gasteiger partial charge in [0.2, 0.25) is 0 Å². The highest BCUT2D eigenvalue weighted by Gasteiger charge is 2.06. The Morgan fingerprint density at radius 1 is 0.900 bits per heavy atom. The minimum Gasteiger partial charge on any atom is -0.423 e. The van der Waals surface area contributed by atoms with E-state index in [2.05, 4.69) is 0 Å². The summed E-state index contributed by atoms with van der Waals surface area (Å²) >= 11 is 0. The van der Waals surface area contributed by atoms with Crippen LogP contribution in [0, 0.1) is 6.92 Å². The molecular formula is C17H18O3. The maximum atomic E-state index is 11.7. The maximum Gasteiger partial charge on any atom is 0.343 e. The zero-order valence-corrected chi connectivity index (χ0v) is 11.9. The summed E-state index contributed by atoms with van der Waals surface area (Å²) in [6.45, 7) is 5.01. The number of Topliss-reactive ketones (excluding diaryl/α,β-unsaturated/α-hetero) is 1. The quantitative estimate of drug-likeness (QED) is 0.615. The van der Waals surface area contributed by atoms with Crippen LogP contribution in [0.2, 0.25) is 0 Å². The minimum atomic E-state index is -0.328. The van der Waals surface area contributed by atoms with Crippen LogP contribution in [0.5, 0.6) is 5.75 Å². The first kappa shape index (κ1) is 15.6. The van der Waals surface area contributed by atoms with Gasteiger partial charge in [0, 0.05) is 0 Å². The van der Waals surface area contributed by atoms with Gasteiger partial charge in [-0.1, -0.05) is 30.3 Å². The van der Waals surface area contributed by atoms with Crippen molar-refractivity contribution in [2.24, 2.45) is 0 Å². The molecule has 3 heteroatoms. The van der Waals surface area contributed by atoms with Crippen molar-refractivity contribution in [3.05, 3.63) is 65.7 Å². The maximum absolute atomic E-state index is 11.7. The van der Waals surface area contributed by atoms with Crippen LogP contribution in [-0.2, 0) is 4.79 Å². The van der Waals surface area contributed by atoms with Gasteiger partial charge in [0.25, 0.3) is 0 Å². The summed E-state index contributed by atoms with van der Waals surface area (Å²) in [5.41, 5.74) is 1.63. The van der Waals surface area contributed by atoms with Crippen LogP contribution in [0.1, 0.15) is 29.8 Å². The van der Waals surface area contributed by atoms with Crippen LogP contribution in [0.25, 0.3) is 0 Å². The molecular weight excluding hydrogens is 252 g/mol. The number of benzene rings is 2. The number of aryl methyl sites for hydroxylation is 1. The molecule has 0 aliphatic rings. The van der Waals surface area contributed by atoms with Crippen LogP contribution in [0.15, 0.2) is 54.6 Å². The summed E-state index contributed by atoms with van der Waals surface area (Å²) in [5.74, 6) is 0.417. The number of hydrogen-bond acceptors (Lipinski definition) is 3. The van der Waals surface area contributed by atoms with Gasteiger partial charge in [0.1, 0.15) is 11.5 Å². The highest BCUT2D eigenvalue weighted by atomic mass is 16.5. The lowest BCUT2D eigenvalue weighted by molar-refractivity contribution is -0.114. The standard InChI is InChI=1S/C14H12O2.C3H6O/c1-11-6-5-9-13(10-11)16-14(15)12-7-3-2-4-8-12;1-3(2)4/h2-10H,1H3;1-2H3. The molecule has 0 aliphatic heterocycles. The molecule has 0 N–H and O–H groups in total. The number of ether oxygens (including phenoxy) is 1. The number of rotatable bonds is 2. The second kappa shape index (κ2) is 7.89. The summed E-state index contributed by atoms with van der Waals surface area (Å²) in [7, 11) is 0. The topological polar surface area (TPSA) is 43.4 Å². The van der Waals surface area contributed by atoms with E-state index in [0.717, 1.165) is 5.56 Å². The van der Waals surface area contributed by atoms with Gasteiger partial charge in [-0.25, -0.2) is 4.79 Å². The lowest BCUT2D eigenvalue weighted by Gasteiger charge is -2.04. The van der Waals surface area contributed by atoms with Gasteiger partial charge >= 0.3 is 5.97 Å². The number of carbonyl (C=O) groups excluding carboxylic acids is 2. The van der Waals surface area contributed by atoms with Crippen molar-refractivity contribution in [2.75, 3.05) is 0 Å². The Balaban J connectivity index is 0.000000444. The average Bonchev–Trinajstić information content (AvgIpc) is 2.39. The molecule has 20 heavy (non-hydrogen) atoms. The third-order valence-corrected chi connectivity index (χ3v) is 2.21. The Morgan fingerprint density at radius 3 is 2.05 bits per heavy atom. The first-order chi connectivity index (χ1) is 9.49. The highest BCUT2D eigenvalue weighted by molar-refractivity contribution is 5.90. The molecule has 2 aromatic rings. The van der Waals surface area contributed by atoms with Gasteiger partial charge in [0.15, 0.2) is 0 Å². The van der Waals surface area contributed by atoms with Crippen LogP contribution >= 0.6 is 0 Å². The van der Waals surface area contributed by atoms with E-state index in [9.17, 15) is 9.59 Å². The van der Waals surface area contributed by atoms with Crippen molar-refractivity contribution in [1.29, 1.82) is 0 Å². The molecule has 0 amide bonds. The van der Waals surface area contributed by atoms with Gasteiger partial charge in [0.05, 0.1) is 5.56 Å². The smallest absolute Gasteiger partial charge is 0.343 e. The van der Waals surface area contributed by atoms with E-state index in [1.165, 1.54) is 13.8 Å². The number of esters is 1. The van der Waals surface area contributed by atoms with Crippen LogP contribution in [0.4, 0.5) is 0 Å². The van der Waals surface area contributed by atoms with Gasteiger partial charge in [-0.2, -0.15) is 0 Å². The fourth-order valence-electron chi connectivity index (χ4n) is 1.42. The normalized spacial score (nSPS) is 9.15. The molecule has 2 aromatic carbocycles. The van der Waals surface area contributed by atoms with E-state index in [1.807, 2.05) is 43.3 Å². The molecule has 0 fully saturated rings. The van der Waals surface area contributed by atoms with Gasteiger partial charge < -0.3 is 9.53 Å². The van der Waals surface area contributed by atoms with Crippen molar-refractivity contribution < 1.29 is 14.3 Å². The second-order valence-corrected chi connectivity index (χ2v) is 4.48. The Bertz CT molecular complexity index is 570. The van der Waals surface area contributed by atoms with E-state index in [4.69, 9.17) is 4.74 Å². The fraction of sp³-hybridized carbons (Fsp3) is 0.176. The van der Waals surface area contributed by atoms with Crippen molar-refractivity contribution >= 4 is 11.8 Å². The molecule has 0 saturated carbocycles. The molecule has 0 radical (unpaired) electrons. The third kappa shape index (κ3) is 5.96. The molecule has 0 unspecified atom stereocenters. The molecule has 0 heterocycles. The summed E-state index contributed by atoms with van der Waals surface area (Å²) < 4.78 is 5.24. The number of carbonyl (C=O) groups is 2. The van der Waals surface area contributed by atoms with E-state index in [0.29, 0.717) is 11.3 Å².